The van der Waals surface area contributed by atoms with Gasteiger partial charge in [0.25, 0.3) is 0 Å². The Labute approximate surface area is 121 Å². The number of benzene rings is 1. The number of pyridine rings is 1. The van der Waals surface area contributed by atoms with Crippen LogP contribution in [0.1, 0.15) is 5.56 Å². The lowest BCUT2D eigenvalue weighted by Gasteiger charge is -2.09. The number of aromatic nitrogens is 1. The van der Waals surface area contributed by atoms with Crippen LogP contribution in [0.3, 0.4) is 0 Å². The van der Waals surface area contributed by atoms with Crippen LogP contribution >= 0.6 is 27.7 Å². The van der Waals surface area contributed by atoms with Crippen LogP contribution in [0.4, 0.5) is 4.39 Å². The molecule has 0 unspecified atom stereocenters. The van der Waals surface area contributed by atoms with Gasteiger partial charge in [-0.3, -0.25) is 0 Å². The molecule has 0 aliphatic rings. The second-order valence-electron chi connectivity index (χ2n) is 3.49. The van der Waals surface area contributed by atoms with Crippen LogP contribution in [-0.4, -0.2) is 16.0 Å². The highest BCUT2D eigenvalue weighted by Crippen LogP contribution is 2.34. The van der Waals surface area contributed by atoms with Crippen molar-refractivity contribution < 1.29 is 9.60 Å². The molecule has 3 N–H and O–H groups in total. The van der Waals surface area contributed by atoms with Crippen molar-refractivity contribution in [2.75, 3.05) is 0 Å². The standard InChI is InChI=1S/C12H9BrFN3OS/c13-7-3-2-6-16-12(7)19-9-5-1-4-8(14)10(9)11(15)17-18/h1-6,18H,(H2,15,17). The van der Waals surface area contributed by atoms with E-state index in [9.17, 15) is 4.39 Å². The van der Waals surface area contributed by atoms with Crippen LogP contribution < -0.4 is 5.73 Å². The van der Waals surface area contributed by atoms with Crippen molar-refractivity contribution >= 4 is 33.5 Å². The molecule has 0 saturated heterocycles. The fourth-order valence-electron chi connectivity index (χ4n) is 1.44. The van der Waals surface area contributed by atoms with Gasteiger partial charge in [-0.25, -0.2) is 9.37 Å². The number of rotatable bonds is 3. The van der Waals surface area contributed by atoms with E-state index in [2.05, 4.69) is 26.1 Å². The highest BCUT2D eigenvalue weighted by Gasteiger charge is 2.15. The maximum atomic E-state index is 13.8. The molecule has 0 amide bonds. The van der Waals surface area contributed by atoms with Gasteiger partial charge in [0.15, 0.2) is 5.84 Å². The molecule has 0 atom stereocenters. The Morgan fingerprint density at radius 1 is 1.37 bits per heavy atom. The lowest BCUT2D eigenvalue weighted by Crippen LogP contribution is -2.16. The third-order valence-electron chi connectivity index (χ3n) is 2.27. The summed E-state index contributed by atoms with van der Waals surface area (Å²) in [5.74, 6) is -0.819. The van der Waals surface area contributed by atoms with E-state index < -0.39 is 5.82 Å². The molecule has 1 aromatic carbocycles. The fraction of sp³-hybridized carbons (Fsp3) is 0. The van der Waals surface area contributed by atoms with Crippen LogP contribution in [-0.2, 0) is 0 Å². The van der Waals surface area contributed by atoms with E-state index in [1.165, 1.54) is 17.8 Å². The monoisotopic (exact) mass is 341 g/mol. The summed E-state index contributed by atoms with van der Waals surface area (Å²) in [6.45, 7) is 0. The molecule has 19 heavy (non-hydrogen) atoms. The smallest absolute Gasteiger partial charge is 0.174 e. The summed E-state index contributed by atoms with van der Waals surface area (Å²) in [5, 5.41) is 12.2. The van der Waals surface area contributed by atoms with E-state index in [1.807, 2.05) is 6.07 Å². The van der Waals surface area contributed by atoms with Crippen LogP contribution in [0.2, 0.25) is 0 Å². The van der Waals surface area contributed by atoms with Crippen molar-refractivity contribution in [2.24, 2.45) is 10.9 Å². The van der Waals surface area contributed by atoms with Crippen molar-refractivity contribution in [3.8, 4) is 0 Å². The quantitative estimate of drug-likeness (QED) is 0.389. The summed E-state index contributed by atoms with van der Waals surface area (Å²) in [7, 11) is 0. The van der Waals surface area contributed by atoms with E-state index in [4.69, 9.17) is 10.9 Å². The average molecular weight is 342 g/mol. The number of nitrogens with zero attached hydrogens (tertiary/aromatic N) is 2. The third kappa shape index (κ3) is 3.05. The number of halogens is 2. The second kappa shape index (κ2) is 6.03. The van der Waals surface area contributed by atoms with Crippen molar-refractivity contribution in [2.45, 2.75) is 9.92 Å². The van der Waals surface area contributed by atoms with Gasteiger partial charge in [-0.15, -0.1) is 0 Å². The Hall–Kier alpha value is -1.60. The summed E-state index contributed by atoms with van der Waals surface area (Å²) in [5.41, 5.74) is 5.56. The van der Waals surface area contributed by atoms with Gasteiger partial charge >= 0.3 is 0 Å². The van der Waals surface area contributed by atoms with E-state index in [-0.39, 0.29) is 11.4 Å². The van der Waals surface area contributed by atoms with Crippen molar-refractivity contribution in [3.63, 3.8) is 0 Å². The number of hydrogen-bond donors (Lipinski definition) is 2. The zero-order chi connectivity index (χ0) is 13.8. The summed E-state index contributed by atoms with van der Waals surface area (Å²) in [6.07, 6.45) is 1.63. The molecule has 0 saturated carbocycles. The highest BCUT2D eigenvalue weighted by molar-refractivity contribution is 9.10. The van der Waals surface area contributed by atoms with Gasteiger partial charge in [0, 0.05) is 11.1 Å². The number of oxime groups is 1. The van der Waals surface area contributed by atoms with Gasteiger partial charge < -0.3 is 10.9 Å². The van der Waals surface area contributed by atoms with Crippen LogP contribution in [0, 0.1) is 5.82 Å². The van der Waals surface area contributed by atoms with Crippen LogP contribution in [0.25, 0.3) is 0 Å². The predicted octanol–water partition coefficient (Wildman–Crippen LogP) is 3.23. The van der Waals surface area contributed by atoms with Crippen molar-refractivity contribution in [3.05, 3.63) is 52.4 Å². The van der Waals surface area contributed by atoms with Crippen LogP contribution in [0.5, 0.6) is 0 Å². The Morgan fingerprint density at radius 3 is 2.84 bits per heavy atom. The lowest BCUT2D eigenvalue weighted by atomic mass is 10.2. The van der Waals surface area contributed by atoms with Gasteiger partial charge in [-0.05, 0) is 40.2 Å². The molecule has 0 aliphatic carbocycles. The molecule has 98 valence electrons. The minimum absolute atomic E-state index is 0.0625. The van der Waals surface area contributed by atoms with Gasteiger partial charge in [0.2, 0.25) is 0 Å². The molecular formula is C12H9BrFN3OS. The Bertz CT molecular complexity index is 636. The van der Waals surface area contributed by atoms with Crippen molar-refractivity contribution in [1.82, 2.24) is 4.98 Å². The lowest BCUT2D eigenvalue weighted by molar-refractivity contribution is 0.318. The summed E-state index contributed by atoms with van der Waals surface area (Å²) < 4.78 is 14.6. The van der Waals surface area contributed by atoms with E-state index in [0.29, 0.717) is 9.92 Å². The first-order valence-electron chi connectivity index (χ1n) is 5.18. The van der Waals surface area contributed by atoms with E-state index in [0.717, 1.165) is 4.47 Å². The molecule has 0 spiro atoms. The Kier molecular flexibility index (Phi) is 4.39. The first kappa shape index (κ1) is 13.8. The van der Waals surface area contributed by atoms with Gasteiger partial charge in [0.05, 0.1) is 10.0 Å². The number of amidine groups is 1. The first-order chi connectivity index (χ1) is 9.13. The van der Waals surface area contributed by atoms with E-state index >= 15 is 0 Å². The highest BCUT2D eigenvalue weighted by atomic mass is 79.9. The van der Waals surface area contributed by atoms with Crippen LogP contribution in [0.15, 0.2) is 56.1 Å². The molecule has 4 nitrogen and oxygen atoms in total. The molecule has 0 radical (unpaired) electrons. The summed E-state index contributed by atoms with van der Waals surface area (Å²) >= 11 is 4.59. The van der Waals surface area contributed by atoms with E-state index in [1.54, 1.807) is 24.4 Å². The molecule has 2 rings (SSSR count). The Balaban J connectivity index is 2.47. The third-order valence-corrected chi connectivity index (χ3v) is 4.25. The molecule has 1 aromatic heterocycles. The maximum absolute atomic E-state index is 13.8. The normalized spacial score (nSPS) is 11.6. The zero-order valence-electron chi connectivity index (χ0n) is 9.55. The molecular weight excluding hydrogens is 333 g/mol. The summed E-state index contributed by atoms with van der Waals surface area (Å²) in [4.78, 5) is 4.70. The van der Waals surface area contributed by atoms with Crippen molar-refractivity contribution in [1.29, 1.82) is 0 Å². The fourth-order valence-corrected chi connectivity index (χ4v) is 2.87. The van der Waals surface area contributed by atoms with Gasteiger partial charge in [-0.2, -0.15) is 0 Å². The second-order valence-corrected chi connectivity index (χ2v) is 5.38. The molecule has 2 aromatic rings. The van der Waals surface area contributed by atoms with Gasteiger partial charge in [0.1, 0.15) is 10.8 Å². The Morgan fingerprint density at radius 2 is 2.16 bits per heavy atom. The predicted molar refractivity (Wildman–Crippen MR) is 75.0 cm³/mol. The molecule has 0 aliphatic heterocycles. The topological polar surface area (TPSA) is 71.5 Å². The first-order valence-corrected chi connectivity index (χ1v) is 6.79. The minimum atomic E-state index is -0.549. The molecule has 0 fully saturated rings. The molecule has 0 bridgehead atoms. The average Bonchev–Trinajstić information content (AvgIpc) is 2.41. The zero-order valence-corrected chi connectivity index (χ0v) is 11.9. The number of hydrogen-bond acceptors (Lipinski definition) is 4. The van der Waals surface area contributed by atoms with Gasteiger partial charge in [-0.1, -0.05) is 23.0 Å². The maximum Gasteiger partial charge on any atom is 0.174 e. The molecule has 7 heteroatoms. The SMILES string of the molecule is NC(=NO)c1c(F)cccc1Sc1ncccc1Br. The number of nitrogens with two attached hydrogens (primary N) is 1. The largest absolute Gasteiger partial charge is 0.409 e. The minimum Gasteiger partial charge on any atom is -0.409 e. The molecule has 1 heterocycles. The summed E-state index contributed by atoms with van der Waals surface area (Å²) in [6, 6.07) is 8.11.